The van der Waals surface area contributed by atoms with Gasteiger partial charge in [0.15, 0.2) is 0 Å². The van der Waals surface area contributed by atoms with E-state index in [1.165, 1.54) is 0 Å². The van der Waals surface area contributed by atoms with Crippen molar-refractivity contribution in [3.63, 3.8) is 0 Å². The zero-order chi connectivity index (χ0) is 13.7. The summed E-state index contributed by atoms with van der Waals surface area (Å²) >= 11 is 0. The fraction of sp³-hybridized carbons (Fsp3) is 0.375. The van der Waals surface area contributed by atoms with E-state index in [2.05, 4.69) is 10.3 Å². The molecule has 20 heavy (non-hydrogen) atoms. The zero-order valence-corrected chi connectivity index (χ0v) is 11.1. The van der Waals surface area contributed by atoms with Gasteiger partial charge in [0.05, 0.1) is 5.52 Å². The summed E-state index contributed by atoms with van der Waals surface area (Å²) in [6.07, 6.45) is 4.42. The van der Waals surface area contributed by atoms with Crippen LogP contribution in [-0.4, -0.2) is 22.0 Å². The van der Waals surface area contributed by atoms with Crippen LogP contribution in [0, 0.1) is 0 Å². The Kier molecular flexibility index (Phi) is 2.46. The molecule has 0 radical (unpaired) electrons. The number of pyridine rings is 1. The van der Waals surface area contributed by atoms with Crippen LogP contribution in [-0.2, 0) is 0 Å². The van der Waals surface area contributed by atoms with E-state index < -0.39 is 0 Å². The number of phenols is 1. The smallest absolute Gasteiger partial charge is 0.270 e. The molecule has 0 spiro atoms. The van der Waals surface area contributed by atoms with Crippen LogP contribution in [0.2, 0.25) is 0 Å². The molecular formula is C16H16N2O2. The maximum Gasteiger partial charge on any atom is 0.270 e. The van der Waals surface area contributed by atoms with Crippen LogP contribution in [0.1, 0.15) is 47.7 Å². The van der Waals surface area contributed by atoms with Crippen LogP contribution in [0.4, 0.5) is 0 Å². The van der Waals surface area contributed by atoms with Crippen molar-refractivity contribution < 1.29 is 9.90 Å². The van der Waals surface area contributed by atoms with Crippen molar-refractivity contribution in [2.75, 3.05) is 0 Å². The fourth-order valence-electron chi connectivity index (χ4n) is 2.54. The molecule has 102 valence electrons. The van der Waals surface area contributed by atoms with Crippen LogP contribution in [0.15, 0.2) is 24.3 Å². The monoisotopic (exact) mass is 268 g/mol. The number of carbonyl (C=O) groups excluding carboxylic acids is 1. The Labute approximate surface area is 116 Å². The van der Waals surface area contributed by atoms with Gasteiger partial charge >= 0.3 is 0 Å². The predicted octanol–water partition coefficient (Wildman–Crippen LogP) is 2.71. The van der Waals surface area contributed by atoms with Gasteiger partial charge in [-0.2, -0.15) is 0 Å². The Balaban J connectivity index is 1.72. The Morgan fingerprint density at radius 1 is 1.15 bits per heavy atom. The topological polar surface area (TPSA) is 62.2 Å². The molecule has 0 saturated heterocycles. The van der Waals surface area contributed by atoms with E-state index in [0.29, 0.717) is 28.9 Å². The third kappa shape index (κ3) is 2.01. The van der Waals surface area contributed by atoms with Gasteiger partial charge in [-0.15, -0.1) is 0 Å². The number of amides is 1. The highest BCUT2D eigenvalue weighted by Crippen LogP contribution is 2.45. The summed E-state index contributed by atoms with van der Waals surface area (Å²) in [6.45, 7) is 0. The highest BCUT2D eigenvalue weighted by atomic mass is 16.3. The Hall–Kier alpha value is -2.10. The van der Waals surface area contributed by atoms with Crippen molar-refractivity contribution in [3.05, 3.63) is 35.5 Å². The SMILES string of the molecule is O=C(NC1CC1)c1ccc2c(O)c(C3CC3)ccc2n1. The lowest BCUT2D eigenvalue weighted by Gasteiger charge is -2.08. The number of nitrogens with one attached hydrogen (secondary N) is 1. The lowest BCUT2D eigenvalue weighted by Crippen LogP contribution is -2.26. The Morgan fingerprint density at radius 3 is 2.65 bits per heavy atom. The molecule has 2 aliphatic carbocycles. The number of aromatic nitrogens is 1. The number of carbonyl (C=O) groups is 1. The van der Waals surface area contributed by atoms with Gasteiger partial charge in [-0.3, -0.25) is 4.79 Å². The number of nitrogens with zero attached hydrogens (tertiary/aromatic N) is 1. The molecule has 4 rings (SSSR count). The van der Waals surface area contributed by atoms with E-state index in [-0.39, 0.29) is 5.91 Å². The highest BCUT2D eigenvalue weighted by Gasteiger charge is 2.27. The summed E-state index contributed by atoms with van der Waals surface area (Å²) in [5.41, 5.74) is 2.10. The lowest BCUT2D eigenvalue weighted by molar-refractivity contribution is 0.0946. The molecule has 2 aromatic rings. The van der Waals surface area contributed by atoms with Gasteiger partial charge in [0.2, 0.25) is 0 Å². The van der Waals surface area contributed by atoms with Crippen LogP contribution in [0.5, 0.6) is 5.75 Å². The second-order valence-corrected chi connectivity index (χ2v) is 5.79. The third-order valence-corrected chi connectivity index (χ3v) is 4.04. The number of benzene rings is 1. The van der Waals surface area contributed by atoms with Crippen molar-refractivity contribution in [1.29, 1.82) is 0 Å². The quantitative estimate of drug-likeness (QED) is 0.899. The third-order valence-electron chi connectivity index (χ3n) is 4.04. The average molecular weight is 268 g/mol. The molecule has 1 aromatic heterocycles. The summed E-state index contributed by atoms with van der Waals surface area (Å²) in [7, 11) is 0. The van der Waals surface area contributed by atoms with Gasteiger partial charge in [0.1, 0.15) is 11.4 Å². The van der Waals surface area contributed by atoms with Gasteiger partial charge in [-0.05, 0) is 55.4 Å². The van der Waals surface area contributed by atoms with E-state index in [9.17, 15) is 9.90 Å². The second-order valence-electron chi connectivity index (χ2n) is 5.79. The molecule has 1 aromatic carbocycles. The maximum atomic E-state index is 12.0. The molecule has 0 atom stereocenters. The van der Waals surface area contributed by atoms with Crippen molar-refractivity contribution in [1.82, 2.24) is 10.3 Å². The molecule has 2 saturated carbocycles. The number of aromatic hydroxyl groups is 1. The number of hydrogen-bond donors (Lipinski definition) is 2. The first kappa shape index (κ1) is 11.7. The maximum absolute atomic E-state index is 12.0. The molecule has 2 N–H and O–H groups in total. The van der Waals surface area contributed by atoms with Gasteiger partial charge < -0.3 is 10.4 Å². The van der Waals surface area contributed by atoms with Crippen molar-refractivity contribution in [3.8, 4) is 5.75 Å². The van der Waals surface area contributed by atoms with Gasteiger partial charge in [-0.25, -0.2) is 4.98 Å². The van der Waals surface area contributed by atoms with Crippen LogP contribution in [0.3, 0.4) is 0 Å². The highest BCUT2D eigenvalue weighted by molar-refractivity contribution is 5.96. The van der Waals surface area contributed by atoms with Crippen LogP contribution >= 0.6 is 0 Å². The molecule has 1 amide bonds. The lowest BCUT2D eigenvalue weighted by atomic mass is 10.0. The number of phenolic OH excluding ortho intramolecular Hbond substituents is 1. The second kappa shape index (κ2) is 4.20. The normalized spacial score (nSPS) is 18.2. The summed E-state index contributed by atoms with van der Waals surface area (Å²) < 4.78 is 0. The van der Waals surface area contributed by atoms with E-state index >= 15 is 0 Å². The van der Waals surface area contributed by atoms with Crippen molar-refractivity contribution in [2.24, 2.45) is 0 Å². The van der Waals surface area contributed by atoms with E-state index in [1.807, 2.05) is 12.1 Å². The molecule has 0 unspecified atom stereocenters. The van der Waals surface area contributed by atoms with Gasteiger partial charge in [0.25, 0.3) is 5.91 Å². The first-order valence-corrected chi connectivity index (χ1v) is 7.16. The molecule has 1 heterocycles. The predicted molar refractivity (Wildman–Crippen MR) is 75.9 cm³/mol. The minimum atomic E-state index is -0.125. The minimum absolute atomic E-state index is 0.125. The molecule has 2 fully saturated rings. The minimum Gasteiger partial charge on any atom is -0.507 e. The summed E-state index contributed by atoms with van der Waals surface area (Å²) in [5, 5.41) is 14.0. The van der Waals surface area contributed by atoms with Crippen molar-refractivity contribution >= 4 is 16.8 Å². The zero-order valence-electron chi connectivity index (χ0n) is 11.1. The van der Waals surface area contributed by atoms with E-state index in [1.54, 1.807) is 12.1 Å². The Morgan fingerprint density at radius 2 is 1.95 bits per heavy atom. The Bertz CT molecular complexity index is 703. The molecule has 2 aliphatic rings. The molecule has 4 heteroatoms. The molecule has 4 nitrogen and oxygen atoms in total. The first-order valence-electron chi connectivity index (χ1n) is 7.16. The average Bonchev–Trinajstić information content (AvgIpc) is 3.32. The van der Waals surface area contributed by atoms with Crippen LogP contribution < -0.4 is 5.32 Å². The summed E-state index contributed by atoms with van der Waals surface area (Å²) in [6, 6.07) is 7.65. The standard InChI is InChI=1S/C16H16N2O2/c19-15-11(9-1-2-9)5-7-13-12(15)6-8-14(18-13)16(20)17-10-3-4-10/h5-10,19H,1-4H2,(H,17,20). The molecular weight excluding hydrogens is 252 g/mol. The van der Waals surface area contributed by atoms with E-state index in [0.717, 1.165) is 36.6 Å². The van der Waals surface area contributed by atoms with Gasteiger partial charge in [-0.1, -0.05) is 6.07 Å². The van der Waals surface area contributed by atoms with Gasteiger partial charge in [0, 0.05) is 11.4 Å². The number of fused-ring (bicyclic) bond motifs is 1. The summed E-state index contributed by atoms with van der Waals surface area (Å²) in [4.78, 5) is 16.3. The van der Waals surface area contributed by atoms with Crippen LogP contribution in [0.25, 0.3) is 10.9 Å². The number of hydrogen-bond acceptors (Lipinski definition) is 3. The molecule has 0 bridgehead atoms. The largest absolute Gasteiger partial charge is 0.507 e. The fourth-order valence-corrected chi connectivity index (χ4v) is 2.54. The van der Waals surface area contributed by atoms with Crippen molar-refractivity contribution in [2.45, 2.75) is 37.6 Å². The molecule has 0 aliphatic heterocycles. The number of rotatable bonds is 3. The summed E-state index contributed by atoms with van der Waals surface area (Å²) in [5.74, 6) is 0.698. The van der Waals surface area contributed by atoms with E-state index in [4.69, 9.17) is 0 Å². The first-order chi connectivity index (χ1) is 9.72.